The molecular formula is C9H18FNO2. The summed E-state index contributed by atoms with van der Waals surface area (Å²) in [5.74, 6) is 0. The molecule has 3 nitrogen and oxygen atoms in total. The Bertz CT molecular complexity index is 138. The van der Waals surface area contributed by atoms with Gasteiger partial charge >= 0.3 is 0 Å². The highest BCUT2D eigenvalue weighted by molar-refractivity contribution is 4.74. The van der Waals surface area contributed by atoms with Gasteiger partial charge in [-0.3, -0.25) is 0 Å². The van der Waals surface area contributed by atoms with E-state index in [0.29, 0.717) is 12.6 Å². The molecule has 13 heavy (non-hydrogen) atoms. The molecule has 0 aromatic rings. The van der Waals surface area contributed by atoms with Gasteiger partial charge in [0.05, 0.1) is 12.2 Å². The van der Waals surface area contributed by atoms with Crippen molar-refractivity contribution in [3.8, 4) is 0 Å². The van der Waals surface area contributed by atoms with Crippen molar-refractivity contribution in [1.29, 1.82) is 0 Å². The van der Waals surface area contributed by atoms with Crippen LogP contribution in [0.15, 0.2) is 0 Å². The van der Waals surface area contributed by atoms with Crippen molar-refractivity contribution < 1.29 is 14.2 Å². The van der Waals surface area contributed by atoms with Crippen molar-refractivity contribution in [3.63, 3.8) is 0 Å². The molecule has 1 atom stereocenters. The number of aliphatic hydroxyl groups excluding tert-OH is 1. The van der Waals surface area contributed by atoms with Crippen LogP contribution in [0.3, 0.4) is 0 Å². The molecule has 1 saturated heterocycles. The molecule has 1 aliphatic rings. The van der Waals surface area contributed by atoms with Gasteiger partial charge in [0, 0.05) is 26.7 Å². The first-order chi connectivity index (χ1) is 6.26. The second-order valence-corrected chi connectivity index (χ2v) is 3.54. The molecule has 0 bridgehead atoms. The highest BCUT2D eigenvalue weighted by atomic mass is 19.1. The number of rotatable bonds is 4. The van der Waals surface area contributed by atoms with E-state index in [1.165, 1.54) is 0 Å². The van der Waals surface area contributed by atoms with E-state index >= 15 is 0 Å². The van der Waals surface area contributed by atoms with E-state index < -0.39 is 12.8 Å². The van der Waals surface area contributed by atoms with Crippen LogP contribution >= 0.6 is 0 Å². The van der Waals surface area contributed by atoms with Crippen molar-refractivity contribution in [2.24, 2.45) is 0 Å². The molecule has 0 spiro atoms. The lowest BCUT2D eigenvalue weighted by Gasteiger charge is -2.31. The highest BCUT2D eigenvalue weighted by Crippen LogP contribution is 2.12. The summed E-state index contributed by atoms with van der Waals surface area (Å²) < 4.78 is 17.2. The smallest absolute Gasteiger partial charge is 0.117 e. The number of halogens is 1. The number of hydrogen-bond acceptors (Lipinski definition) is 3. The van der Waals surface area contributed by atoms with E-state index in [0.717, 1.165) is 25.9 Å². The van der Waals surface area contributed by atoms with Gasteiger partial charge in [-0.25, -0.2) is 4.39 Å². The molecule has 1 fully saturated rings. The Morgan fingerprint density at radius 3 is 2.62 bits per heavy atom. The quantitative estimate of drug-likeness (QED) is 0.699. The Balaban J connectivity index is 2.17. The molecule has 0 amide bonds. The fraction of sp³-hybridized carbons (Fsp3) is 1.00. The fourth-order valence-electron chi connectivity index (χ4n) is 1.67. The van der Waals surface area contributed by atoms with Crippen LogP contribution in [0.4, 0.5) is 4.39 Å². The Labute approximate surface area is 78.5 Å². The first-order valence-electron chi connectivity index (χ1n) is 4.75. The largest absolute Gasteiger partial charge is 0.389 e. The van der Waals surface area contributed by atoms with E-state index in [9.17, 15) is 4.39 Å². The molecule has 1 N–H and O–H groups in total. The third-order valence-electron chi connectivity index (χ3n) is 2.52. The molecule has 1 unspecified atom stereocenters. The summed E-state index contributed by atoms with van der Waals surface area (Å²) in [6.07, 6.45) is 1.49. The predicted molar refractivity (Wildman–Crippen MR) is 48.5 cm³/mol. The van der Waals surface area contributed by atoms with Crippen molar-refractivity contribution in [2.75, 3.05) is 33.4 Å². The van der Waals surface area contributed by atoms with E-state index in [2.05, 4.69) is 4.90 Å². The van der Waals surface area contributed by atoms with Gasteiger partial charge in [-0.2, -0.15) is 0 Å². The van der Waals surface area contributed by atoms with Crippen LogP contribution in [0.25, 0.3) is 0 Å². The molecule has 1 rings (SSSR count). The third-order valence-corrected chi connectivity index (χ3v) is 2.52. The van der Waals surface area contributed by atoms with Gasteiger partial charge in [0.2, 0.25) is 0 Å². The van der Waals surface area contributed by atoms with E-state index in [4.69, 9.17) is 9.84 Å². The maximum absolute atomic E-state index is 12.0. The molecule has 4 heteroatoms. The summed E-state index contributed by atoms with van der Waals surface area (Å²) in [7, 11) is 1.72. The second-order valence-electron chi connectivity index (χ2n) is 3.54. The Morgan fingerprint density at radius 1 is 1.54 bits per heavy atom. The summed E-state index contributed by atoms with van der Waals surface area (Å²) in [6, 6.07) is 0. The first kappa shape index (κ1) is 10.9. The summed E-state index contributed by atoms with van der Waals surface area (Å²) in [5, 5.41) is 9.09. The molecule has 78 valence electrons. The first-order valence-corrected chi connectivity index (χ1v) is 4.75. The van der Waals surface area contributed by atoms with Crippen molar-refractivity contribution in [2.45, 2.75) is 25.0 Å². The van der Waals surface area contributed by atoms with Crippen LogP contribution in [0.5, 0.6) is 0 Å². The van der Waals surface area contributed by atoms with Crippen LogP contribution in [0, 0.1) is 0 Å². The second kappa shape index (κ2) is 5.52. The fourth-order valence-corrected chi connectivity index (χ4v) is 1.67. The van der Waals surface area contributed by atoms with Gasteiger partial charge in [-0.1, -0.05) is 0 Å². The van der Waals surface area contributed by atoms with Gasteiger partial charge in [0.25, 0.3) is 0 Å². The number of β-amino-alcohol motifs (C(OH)–C–C–N with tert-alkyl or cyclic N) is 1. The van der Waals surface area contributed by atoms with Gasteiger partial charge < -0.3 is 14.7 Å². The predicted octanol–water partition coefficient (Wildman–Crippen LogP) is 0.428. The maximum Gasteiger partial charge on any atom is 0.117 e. The van der Waals surface area contributed by atoms with Crippen LogP contribution < -0.4 is 0 Å². The van der Waals surface area contributed by atoms with Gasteiger partial charge in [-0.05, 0) is 12.8 Å². The third kappa shape index (κ3) is 3.58. The number of likely N-dealkylation sites (tertiary alicyclic amines) is 1. The van der Waals surface area contributed by atoms with E-state index in [-0.39, 0.29) is 0 Å². The zero-order valence-electron chi connectivity index (χ0n) is 8.08. The number of aliphatic hydroxyl groups is 1. The van der Waals surface area contributed by atoms with Crippen LogP contribution in [-0.4, -0.2) is 55.6 Å². The van der Waals surface area contributed by atoms with Crippen molar-refractivity contribution in [3.05, 3.63) is 0 Å². The summed E-state index contributed by atoms with van der Waals surface area (Å²) in [5.41, 5.74) is 0. The zero-order valence-corrected chi connectivity index (χ0v) is 8.08. The lowest BCUT2D eigenvalue weighted by Crippen LogP contribution is -2.41. The topological polar surface area (TPSA) is 32.7 Å². The van der Waals surface area contributed by atoms with E-state index in [1.54, 1.807) is 7.11 Å². The monoisotopic (exact) mass is 191 g/mol. The van der Waals surface area contributed by atoms with Gasteiger partial charge in [0.15, 0.2) is 0 Å². The minimum Gasteiger partial charge on any atom is -0.389 e. The number of methoxy groups -OCH3 is 1. The summed E-state index contributed by atoms with van der Waals surface area (Å²) in [4.78, 5) is 2.08. The summed E-state index contributed by atoms with van der Waals surface area (Å²) >= 11 is 0. The molecule has 0 radical (unpaired) electrons. The molecule has 0 aromatic heterocycles. The Morgan fingerprint density at radius 2 is 2.15 bits per heavy atom. The average molecular weight is 191 g/mol. The molecule has 0 aromatic carbocycles. The van der Waals surface area contributed by atoms with Crippen molar-refractivity contribution in [1.82, 2.24) is 4.90 Å². The Kier molecular flexibility index (Phi) is 4.62. The van der Waals surface area contributed by atoms with Crippen LogP contribution in [0.2, 0.25) is 0 Å². The lowest BCUT2D eigenvalue weighted by atomic mass is 10.1. The molecule has 1 aliphatic heterocycles. The molecule has 0 saturated carbocycles. The minimum atomic E-state index is -0.820. The number of hydrogen-bond donors (Lipinski definition) is 1. The van der Waals surface area contributed by atoms with Gasteiger partial charge in [-0.15, -0.1) is 0 Å². The summed E-state index contributed by atoms with van der Waals surface area (Å²) in [6.45, 7) is 1.60. The normalized spacial score (nSPS) is 23.3. The Hall–Kier alpha value is -0.190. The zero-order chi connectivity index (χ0) is 9.68. The molecule has 1 heterocycles. The highest BCUT2D eigenvalue weighted by Gasteiger charge is 2.20. The number of alkyl halides is 1. The number of ether oxygens (including phenoxy) is 1. The maximum atomic E-state index is 12.0. The molecular weight excluding hydrogens is 173 g/mol. The van der Waals surface area contributed by atoms with E-state index in [1.807, 2.05) is 0 Å². The minimum absolute atomic E-state index is 0.346. The lowest BCUT2D eigenvalue weighted by molar-refractivity contribution is 0.0204. The van der Waals surface area contributed by atoms with Gasteiger partial charge in [0.1, 0.15) is 6.67 Å². The average Bonchev–Trinajstić information content (AvgIpc) is 2.19. The number of piperidine rings is 1. The number of nitrogens with zero attached hydrogens (tertiary/aromatic N) is 1. The standard InChI is InChI=1S/C9H18FNO2/c1-13-9-2-4-11(5-3-9)7-8(12)6-10/h8-9,12H,2-7H2,1H3. The SMILES string of the molecule is COC1CCN(CC(O)CF)CC1. The van der Waals surface area contributed by atoms with Crippen molar-refractivity contribution >= 4 is 0 Å². The van der Waals surface area contributed by atoms with Crippen LogP contribution in [0.1, 0.15) is 12.8 Å². The van der Waals surface area contributed by atoms with Crippen LogP contribution in [-0.2, 0) is 4.74 Å². The molecule has 0 aliphatic carbocycles.